The highest BCUT2D eigenvalue weighted by Gasteiger charge is 2.17. The molecule has 1 atom stereocenters. The summed E-state index contributed by atoms with van der Waals surface area (Å²) in [6.07, 6.45) is 1.22. The average molecular weight is 256 g/mol. The summed E-state index contributed by atoms with van der Waals surface area (Å²) in [7, 11) is 0. The van der Waals surface area contributed by atoms with Gasteiger partial charge >= 0.3 is 0 Å². The molecule has 0 aliphatic carbocycles. The van der Waals surface area contributed by atoms with Crippen molar-refractivity contribution < 1.29 is 4.79 Å². The Labute approximate surface area is 104 Å². The molecule has 1 fully saturated rings. The standard InChI is InChI=1S/C11H16N2OS2/c1-7-9(12)4-10(16-7)11(14)13-5-8-2-3-15-6-8/h4,8H,2-3,5-6,12H2,1H3,(H,13,14). The Bertz CT molecular complexity index is 364. The van der Waals surface area contributed by atoms with Gasteiger partial charge in [-0.25, -0.2) is 0 Å². The fourth-order valence-corrected chi connectivity index (χ4v) is 3.82. The molecule has 5 heteroatoms. The number of nitrogens with one attached hydrogen (secondary N) is 1. The Morgan fingerprint density at radius 2 is 2.50 bits per heavy atom. The van der Waals surface area contributed by atoms with Crippen LogP contribution >= 0.6 is 23.1 Å². The molecule has 0 bridgehead atoms. The van der Waals surface area contributed by atoms with Crippen LogP contribution in [0, 0.1) is 12.8 Å². The number of thiophene rings is 1. The largest absolute Gasteiger partial charge is 0.398 e. The maximum absolute atomic E-state index is 11.8. The van der Waals surface area contributed by atoms with Crippen LogP contribution in [0.25, 0.3) is 0 Å². The zero-order valence-electron chi connectivity index (χ0n) is 9.29. The van der Waals surface area contributed by atoms with Gasteiger partial charge in [-0.3, -0.25) is 4.79 Å². The topological polar surface area (TPSA) is 55.1 Å². The molecule has 3 N–H and O–H groups in total. The average Bonchev–Trinajstić information content (AvgIpc) is 2.86. The molecule has 0 spiro atoms. The number of hydrogen-bond donors (Lipinski definition) is 2. The number of anilines is 1. The molecule has 1 aliphatic heterocycles. The molecule has 3 nitrogen and oxygen atoms in total. The molecule has 2 heterocycles. The molecule has 1 saturated heterocycles. The van der Waals surface area contributed by atoms with Crippen molar-refractivity contribution in [3.8, 4) is 0 Å². The lowest BCUT2D eigenvalue weighted by Gasteiger charge is -2.08. The summed E-state index contributed by atoms with van der Waals surface area (Å²) in [5.41, 5.74) is 6.44. The van der Waals surface area contributed by atoms with Gasteiger partial charge in [-0.05, 0) is 36.8 Å². The number of nitrogens with two attached hydrogens (primary N) is 1. The number of carbonyl (C=O) groups is 1. The predicted molar refractivity (Wildman–Crippen MR) is 71.2 cm³/mol. The maximum atomic E-state index is 11.8. The first kappa shape index (κ1) is 11.8. The summed E-state index contributed by atoms with van der Waals surface area (Å²) in [5, 5.41) is 2.98. The lowest BCUT2D eigenvalue weighted by molar-refractivity contribution is 0.0952. The number of carbonyl (C=O) groups excluding carboxylic acids is 1. The zero-order chi connectivity index (χ0) is 11.5. The van der Waals surface area contributed by atoms with Crippen molar-refractivity contribution in [3.63, 3.8) is 0 Å². The van der Waals surface area contributed by atoms with Gasteiger partial charge in [-0.15, -0.1) is 11.3 Å². The van der Waals surface area contributed by atoms with Crippen LogP contribution in [0.1, 0.15) is 21.0 Å². The summed E-state index contributed by atoms with van der Waals surface area (Å²) in [6, 6.07) is 1.76. The van der Waals surface area contributed by atoms with Gasteiger partial charge in [0.2, 0.25) is 0 Å². The third kappa shape index (κ3) is 2.71. The van der Waals surface area contributed by atoms with E-state index < -0.39 is 0 Å². The molecule has 1 amide bonds. The van der Waals surface area contributed by atoms with E-state index in [9.17, 15) is 4.79 Å². The second kappa shape index (κ2) is 5.10. The Hall–Kier alpha value is -0.680. The smallest absolute Gasteiger partial charge is 0.261 e. The summed E-state index contributed by atoms with van der Waals surface area (Å²) < 4.78 is 0. The van der Waals surface area contributed by atoms with Crippen molar-refractivity contribution in [2.75, 3.05) is 23.8 Å². The van der Waals surface area contributed by atoms with Crippen LogP contribution in [0.15, 0.2) is 6.07 Å². The van der Waals surface area contributed by atoms with E-state index >= 15 is 0 Å². The molecule has 1 aromatic heterocycles. The van der Waals surface area contributed by atoms with E-state index in [4.69, 9.17) is 5.73 Å². The van der Waals surface area contributed by atoms with E-state index in [-0.39, 0.29) is 5.91 Å². The molecule has 16 heavy (non-hydrogen) atoms. The maximum Gasteiger partial charge on any atom is 0.261 e. The van der Waals surface area contributed by atoms with E-state index in [2.05, 4.69) is 5.32 Å². The van der Waals surface area contributed by atoms with Crippen LogP contribution in [0.3, 0.4) is 0 Å². The van der Waals surface area contributed by atoms with Crippen molar-refractivity contribution in [3.05, 3.63) is 15.8 Å². The Kier molecular flexibility index (Phi) is 3.76. The Morgan fingerprint density at radius 1 is 1.69 bits per heavy atom. The quantitative estimate of drug-likeness (QED) is 0.871. The van der Waals surface area contributed by atoms with Gasteiger partial charge in [-0.1, -0.05) is 0 Å². The van der Waals surface area contributed by atoms with Gasteiger partial charge in [0.05, 0.1) is 4.88 Å². The third-order valence-corrected chi connectivity index (χ3v) is 5.05. The van der Waals surface area contributed by atoms with Gasteiger partial charge in [0.15, 0.2) is 0 Å². The lowest BCUT2D eigenvalue weighted by Crippen LogP contribution is -2.28. The lowest BCUT2D eigenvalue weighted by atomic mass is 10.1. The highest BCUT2D eigenvalue weighted by Crippen LogP contribution is 2.24. The SMILES string of the molecule is Cc1sc(C(=O)NCC2CCSC2)cc1N. The van der Waals surface area contributed by atoms with Gasteiger partial charge in [0.25, 0.3) is 5.91 Å². The molecule has 2 rings (SSSR count). The number of aryl methyl sites for hydroxylation is 1. The highest BCUT2D eigenvalue weighted by molar-refractivity contribution is 7.99. The first-order chi connectivity index (χ1) is 7.66. The number of amides is 1. The fourth-order valence-electron chi connectivity index (χ4n) is 1.68. The molecule has 0 radical (unpaired) electrons. The van der Waals surface area contributed by atoms with E-state index in [1.807, 2.05) is 18.7 Å². The van der Waals surface area contributed by atoms with Crippen molar-refractivity contribution in [2.24, 2.45) is 5.92 Å². The number of rotatable bonds is 3. The summed E-state index contributed by atoms with van der Waals surface area (Å²) in [5.74, 6) is 3.06. The first-order valence-corrected chi connectivity index (χ1v) is 7.36. The van der Waals surface area contributed by atoms with Crippen molar-refractivity contribution in [1.82, 2.24) is 5.32 Å². The van der Waals surface area contributed by atoms with E-state index in [0.717, 1.165) is 16.3 Å². The van der Waals surface area contributed by atoms with Crippen LogP contribution in [0.4, 0.5) is 5.69 Å². The molecular formula is C11H16N2OS2. The molecule has 0 aromatic carbocycles. The fraction of sp³-hybridized carbons (Fsp3) is 0.545. The molecule has 88 valence electrons. The summed E-state index contributed by atoms with van der Waals surface area (Å²) >= 11 is 3.43. The summed E-state index contributed by atoms with van der Waals surface area (Å²) in [4.78, 5) is 13.5. The van der Waals surface area contributed by atoms with Crippen LogP contribution in [-0.2, 0) is 0 Å². The van der Waals surface area contributed by atoms with E-state index in [1.165, 1.54) is 29.3 Å². The molecular weight excluding hydrogens is 240 g/mol. The Balaban J connectivity index is 1.87. The number of hydrogen-bond acceptors (Lipinski definition) is 4. The van der Waals surface area contributed by atoms with Gasteiger partial charge in [-0.2, -0.15) is 11.8 Å². The van der Waals surface area contributed by atoms with E-state index in [1.54, 1.807) is 6.07 Å². The van der Waals surface area contributed by atoms with Crippen molar-refractivity contribution in [1.29, 1.82) is 0 Å². The second-order valence-corrected chi connectivity index (χ2v) is 6.47. The zero-order valence-corrected chi connectivity index (χ0v) is 10.9. The summed E-state index contributed by atoms with van der Waals surface area (Å²) in [6.45, 7) is 2.73. The molecule has 1 unspecified atom stereocenters. The molecule has 1 aliphatic rings. The van der Waals surface area contributed by atoms with Crippen molar-refractivity contribution >= 4 is 34.7 Å². The number of nitrogen functional groups attached to an aromatic ring is 1. The van der Waals surface area contributed by atoms with Crippen LogP contribution in [0.2, 0.25) is 0 Å². The van der Waals surface area contributed by atoms with Gasteiger partial charge < -0.3 is 11.1 Å². The highest BCUT2D eigenvalue weighted by atomic mass is 32.2. The number of thioether (sulfide) groups is 1. The monoisotopic (exact) mass is 256 g/mol. The predicted octanol–water partition coefficient (Wildman–Crippen LogP) is 2.12. The van der Waals surface area contributed by atoms with Crippen LogP contribution < -0.4 is 11.1 Å². The first-order valence-electron chi connectivity index (χ1n) is 5.38. The third-order valence-electron chi connectivity index (χ3n) is 2.76. The Morgan fingerprint density at radius 3 is 3.06 bits per heavy atom. The van der Waals surface area contributed by atoms with Gasteiger partial charge in [0.1, 0.15) is 0 Å². The van der Waals surface area contributed by atoms with Crippen molar-refractivity contribution in [2.45, 2.75) is 13.3 Å². The second-order valence-electron chi connectivity index (χ2n) is 4.06. The minimum atomic E-state index is 0.0155. The van der Waals surface area contributed by atoms with E-state index in [0.29, 0.717) is 11.6 Å². The van der Waals surface area contributed by atoms with Crippen LogP contribution in [0.5, 0.6) is 0 Å². The molecule has 0 saturated carbocycles. The van der Waals surface area contributed by atoms with Crippen LogP contribution in [-0.4, -0.2) is 24.0 Å². The normalized spacial score (nSPS) is 19.9. The van der Waals surface area contributed by atoms with Gasteiger partial charge in [0, 0.05) is 17.1 Å². The minimum absolute atomic E-state index is 0.0155. The molecule has 1 aromatic rings. The minimum Gasteiger partial charge on any atom is -0.398 e.